The van der Waals surface area contributed by atoms with Gasteiger partial charge in [0.2, 0.25) is 0 Å². The van der Waals surface area contributed by atoms with Gasteiger partial charge in [-0.05, 0) is 5.56 Å². The molecule has 0 radical (unpaired) electrons. The van der Waals surface area contributed by atoms with Crippen molar-refractivity contribution < 1.29 is 4.74 Å². The van der Waals surface area contributed by atoms with Crippen LogP contribution in [-0.2, 0) is 11.2 Å². The van der Waals surface area contributed by atoms with Crippen LogP contribution in [0.1, 0.15) is 5.56 Å². The first-order valence-electron chi connectivity index (χ1n) is 6.58. The van der Waals surface area contributed by atoms with Crippen LogP contribution in [0.2, 0.25) is 0 Å². The molecule has 4 nitrogen and oxygen atoms in total. The molecule has 0 spiro atoms. The van der Waals surface area contributed by atoms with E-state index in [9.17, 15) is 0 Å². The first-order chi connectivity index (χ1) is 9.42. The van der Waals surface area contributed by atoms with Crippen LogP contribution in [0.5, 0.6) is 0 Å². The zero-order valence-corrected chi connectivity index (χ0v) is 10.8. The third kappa shape index (κ3) is 3.09. The van der Waals surface area contributed by atoms with Crippen molar-refractivity contribution in [1.29, 1.82) is 0 Å². The molecule has 1 fully saturated rings. The van der Waals surface area contributed by atoms with E-state index in [1.165, 1.54) is 5.56 Å². The maximum Gasteiger partial charge on any atom is 0.147 e. The smallest absolute Gasteiger partial charge is 0.147 e. The minimum Gasteiger partial charge on any atom is -0.374 e. The minimum atomic E-state index is 0.221. The molecule has 98 valence electrons. The number of nitrogens with zero attached hydrogens (tertiary/aromatic N) is 3. The molecule has 19 heavy (non-hydrogen) atoms. The van der Waals surface area contributed by atoms with Crippen molar-refractivity contribution in [3.05, 3.63) is 54.5 Å². The molecule has 1 aliphatic heterocycles. The lowest BCUT2D eigenvalue weighted by molar-refractivity contribution is 0.0408. The van der Waals surface area contributed by atoms with Crippen LogP contribution in [0.3, 0.4) is 0 Å². The van der Waals surface area contributed by atoms with Gasteiger partial charge >= 0.3 is 0 Å². The van der Waals surface area contributed by atoms with Gasteiger partial charge in [0.05, 0.1) is 18.9 Å². The number of hydrogen-bond acceptors (Lipinski definition) is 4. The molecule has 1 aliphatic rings. The summed E-state index contributed by atoms with van der Waals surface area (Å²) in [4.78, 5) is 10.7. The molecular weight excluding hydrogens is 238 g/mol. The summed E-state index contributed by atoms with van der Waals surface area (Å²) in [5.41, 5.74) is 1.31. The van der Waals surface area contributed by atoms with Crippen molar-refractivity contribution in [3.63, 3.8) is 0 Å². The summed E-state index contributed by atoms with van der Waals surface area (Å²) in [6.45, 7) is 2.49. The fourth-order valence-corrected chi connectivity index (χ4v) is 2.38. The Morgan fingerprint density at radius 3 is 2.89 bits per heavy atom. The molecule has 1 aromatic carbocycles. The van der Waals surface area contributed by atoms with Gasteiger partial charge in [0.25, 0.3) is 0 Å². The van der Waals surface area contributed by atoms with Gasteiger partial charge in [-0.3, -0.25) is 4.98 Å². The van der Waals surface area contributed by atoms with E-state index in [0.717, 1.165) is 31.9 Å². The molecule has 1 atom stereocenters. The number of aromatic nitrogens is 2. The quantitative estimate of drug-likeness (QED) is 0.840. The maximum absolute atomic E-state index is 5.84. The van der Waals surface area contributed by atoms with E-state index in [2.05, 4.69) is 39.1 Å². The van der Waals surface area contributed by atoms with Crippen LogP contribution in [0.25, 0.3) is 0 Å². The van der Waals surface area contributed by atoms with Gasteiger partial charge in [-0.15, -0.1) is 0 Å². The van der Waals surface area contributed by atoms with E-state index in [4.69, 9.17) is 4.74 Å². The van der Waals surface area contributed by atoms with Crippen molar-refractivity contribution >= 4 is 5.82 Å². The Bertz CT molecular complexity index is 503. The number of ether oxygens (including phenoxy) is 1. The van der Waals surface area contributed by atoms with Crippen molar-refractivity contribution in [2.24, 2.45) is 0 Å². The SMILES string of the molecule is c1ccc(C[C@H]2CN(c3cnccn3)CCO2)cc1. The predicted octanol–water partition coefficient (Wildman–Crippen LogP) is 1.92. The molecule has 0 unspecified atom stereocenters. The Morgan fingerprint density at radius 1 is 1.21 bits per heavy atom. The molecule has 2 aromatic rings. The summed E-state index contributed by atoms with van der Waals surface area (Å²) in [6, 6.07) is 10.5. The third-order valence-electron chi connectivity index (χ3n) is 3.32. The highest BCUT2D eigenvalue weighted by Crippen LogP contribution is 2.16. The number of hydrogen-bond donors (Lipinski definition) is 0. The molecule has 0 N–H and O–H groups in total. The average molecular weight is 255 g/mol. The van der Waals surface area contributed by atoms with Crippen LogP contribution >= 0.6 is 0 Å². The second-order valence-corrected chi connectivity index (χ2v) is 4.69. The number of morpholine rings is 1. The highest BCUT2D eigenvalue weighted by molar-refractivity contribution is 5.35. The molecule has 4 heteroatoms. The highest BCUT2D eigenvalue weighted by Gasteiger charge is 2.21. The highest BCUT2D eigenvalue weighted by atomic mass is 16.5. The van der Waals surface area contributed by atoms with Gasteiger partial charge in [0.1, 0.15) is 5.82 Å². The van der Waals surface area contributed by atoms with Gasteiger partial charge in [0.15, 0.2) is 0 Å². The molecule has 2 heterocycles. The molecule has 0 amide bonds. The Balaban J connectivity index is 1.65. The topological polar surface area (TPSA) is 38.2 Å². The van der Waals surface area contributed by atoms with Crippen molar-refractivity contribution in [1.82, 2.24) is 9.97 Å². The normalized spacial score (nSPS) is 19.4. The summed E-state index contributed by atoms with van der Waals surface area (Å²) >= 11 is 0. The Hall–Kier alpha value is -1.94. The van der Waals surface area contributed by atoms with Gasteiger partial charge in [-0.25, -0.2) is 4.98 Å². The Kier molecular flexibility index (Phi) is 3.70. The number of benzene rings is 1. The van der Waals surface area contributed by atoms with Gasteiger partial charge in [0, 0.05) is 31.9 Å². The Morgan fingerprint density at radius 2 is 2.11 bits per heavy atom. The lowest BCUT2D eigenvalue weighted by Gasteiger charge is -2.33. The van der Waals surface area contributed by atoms with Gasteiger partial charge < -0.3 is 9.64 Å². The summed E-state index contributed by atoms with van der Waals surface area (Å²) in [6.07, 6.45) is 6.41. The lowest BCUT2D eigenvalue weighted by Crippen LogP contribution is -2.43. The zero-order chi connectivity index (χ0) is 12.9. The summed E-state index contributed by atoms with van der Waals surface area (Å²) in [5.74, 6) is 0.934. The summed E-state index contributed by atoms with van der Waals surface area (Å²) < 4.78 is 5.84. The van der Waals surface area contributed by atoms with E-state index in [1.54, 1.807) is 12.4 Å². The molecule has 1 aromatic heterocycles. The van der Waals surface area contributed by atoms with E-state index >= 15 is 0 Å². The third-order valence-corrected chi connectivity index (χ3v) is 3.32. The number of rotatable bonds is 3. The first kappa shape index (κ1) is 12.1. The van der Waals surface area contributed by atoms with E-state index in [0.29, 0.717) is 0 Å². The molecule has 0 bridgehead atoms. The molecule has 1 saturated heterocycles. The predicted molar refractivity (Wildman–Crippen MR) is 74.1 cm³/mol. The monoisotopic (exact) mass is 255 g/mol. The van der Waals surface area contributed by atoms with Crippen LogP contribution in [0.4, 0.5) is 5.82 Å². The molecular formula is C15H17N3O. The minimum absolute atomic E-state index is 0.221. The van der Waals surface area contributed by atoms with E-state index < -0.39 is 0 Å². The van der Waals surface area contributed by atoms with Crippen molar-refractivity contribution in [2.45, 2.75) is 12.5 Å². The fraction of sp³-hybridized carbons (Fsp3) is 0.333. The Labute approximate surface area is 113 Å². The number of anilines is 1. The molecule has 0 saturated carbocycles. The van der Waals surface area contributed by atoms with E-state index in [-0.39, 0.29) is 6.10 Å². The second kappa shape index (κ2) is 5.80. The van der Waals surface area contributed by atoms with E-state index in [1.807, 2.05) is 12.3 Å². The second-order valence-electron chi connectivity index (χ2n) is 4.69. The lowest BCUT2D eigenvalue weighted by atomic mass is 10.1. The largest absolute Gasteiger partial charge is 0.374 e. The van der Waals surface area contributed by atoms with Crippen LogP contribution < -0.4 is 4.90 Å². The fourth-order valence-electron chi connectivity index (χ4n) is 2.38. The van der Waals surface area contributed by atoms with Gasteiger partial charge in [-0.1, -0.05) is 30.3 Å². The van der Waals surface area contributed by atoms with Crippen LogP contribution in [-0.4, -0.2) is 35.8 Å². The van der Waals surface area contributed by atoms with Crippen molar-refractivity contribution in [3.8, 4) is 0 Å². The molecule has 3 rings (SSSR count). The zero-order valence-electron chi connectivity index (χ0n) is 10.8. The van der Waals surface area contributed by atoms with Crippen LogP contribution in [0.15, 0.2) is 48.9 Å². The standard InChI is InChI=1S/C15H17N3O/c1-2-4-13(5-3-1)10-14-12-18(8-9-19-14)15-11-16-6-7-17-15/h1-7,11,14H,8-10,12H2/t14-/m0/s1. The van der Waals surface area contributed by atoms with Crippen LogP contribution in [0, 0.1) is 0 Å². The van der Waals surface area contributed by atoms with Crippen molar-refractivity contribution in [2.75, 3.05) is 24.6 Å². The molecule has 0 aliphatic carbocycles. The maximum atomic E-state index is 5.84. The average Bonchev–Trinajstić information content (AvgIpc) is 2.49. The first-order valence-corrected chi connectivity index (χ1v) is 6.58. The van der Waals surface area contributed by atoms with Gasteiger partial charge in [-0.2, -0.15) is 0 Å². The summed E-state index contributed by atoms with van der Waals surface area (Å²) in [7, 11) is 0. The summed E-state index contributed by atoms with van der Waals surface area (Å²) in [5, 5.41) is 0.